The molecule has 11 heavy (non-hydrogen) atoms. The van der Waals surface area contributed by atoms with Crippen LogP contribution in [0.25, 0.3) is 0 Å². The van der Waals surface area contributed by atoms with E-state index in [2.05, 4.69) is 0 Å². The summed E-state index contributed by atoms with van der Waals surface area (Å²) in [6.07, 6.45) is 6.54. The van der Waals surface area contributed by atoms with Crippen LogP contribution in [-0.2, 0) is 4.74 Å². The van der Waals surface area contributed by atoms with Crippen LogP contribution in [0.1, 0.15) is 39.0 Å². The van der Waals surface area contributed by atoms with E-state index in [0.29, 0.717) is 5.92 Å². The molecular formula is C9H16OS. The molecule has 0 spiro atoms. The van der Waals surface area contributed by atoms with Crippen molar-refractivity contribution < 1.29 is 4.74 Å². The highest BCUT2D eigenvalue weighted by atomic mass is 32.1. The Bertz CT molecular complexity index is 128. The molecule has 64 valence electrons. The summed E-state index contributed by atoms with van der Waals surface area (Å²) < 4.78 is 5.31. The van der Waals surface area contributed by atoms with E-state index in [1.165, 1.54) is 32.1 Å². The predicted octanol–water partition coefficient (Wildman–Crippen LogP) is 2.93. The summed E-state index contributed by atoms with van der Waals surface area (Å²) in [7, 11) is 0. The van der Waals surface area contributed by atoms with E-state index in [1.807, 2.05) is 6.92 Å². The molecule has 1 aliphatic rings. The molecule has 1 saturated carbocycles. The van der Waals surface area contributed by atoms with Crippen molar-refractivity contribution in [1.82, 2.24) is 0 Å². The molecule has 0 heterocycles. The van der Waals surface area contributed by atoms with Crippen LogP contribution in [0.2, 0.25) is 0 Å². The summed E-state index contributed by atoms with van der Waals surface area (Å²) in [5, 5.41) is 0.854. The maximum Gasteiger partial charge on any atom is 0.162 e. The minimum Gasteiger partial charge on any atom is -0.487 e. The lowest BCUT2D eigenvalue weighted by molar-refractivity contribution is 0.290. The monoisotopic (exact) mass is 172 g/mol. The quantitative estimate of drug-likeness (QED) is 0.592. The SMILES string of the molecule is CCOC(=S)C1CCCCC1. The van der Waals surface area contributed by atoms with Crippen LogP contribution in [0.15, 0.2) is 0 Å². The van der Waals surface area contributed by atoms with Gasteiger partial charge in [0.05, 0.1) is 6.61 Å². The normalized spacial score (nSPS) is 19.7. The Balaban J connectivity index is 2.27. The number of thiocarbonyl (C=S) groups is 1. The fraction of sp³-hybridized carbons (Fsp3) is 0.889. The third-order valence-corrected chi connectivity index (χ3v) is 2.68. The van der Waals surface area contributed by atoms with Gasteiger partial charge in [0.25, 0.3) is 0 Å². The van der Waals surface area contributed by atoms with Crippen LogP contribution in [0.4, 0.5) is 0 Å². The minimum absolute atomic E-state index is 0.582. The van der Waals surface area contributed by atoms with E-state index in [0.717, 1.165) is 11.7 Å². The van der Waals surface area contributed by atoms with Crippen molar-refractivity contribution in [1.29, 1.82) is 0 Å². The van der Waals surface area contributed by atoms with Crippen molar-refractivity contribution in [3.63, 3.8) is 0 Å². The molecule has 0 aromatic carbocycles. The number of hydrogen-bond acceptors (Lipinski definition) is 2. The highest BCUT2D eigenvalue weighted by molar-refractivity contribution is 7.80. The van der Waals surface area contributed by atoms with Gasteiger partial charge in [-0.25, -0.2) is 0 Å². The fourth-order valence-corrected chi connectivity index (χ4v) is 1.95. The zero-order valence-electron chi connectivity index (χ0n) is 7.14. The lowest BCUT2D eigenvalue weighted by atomic mass is 9.90. The predicted molar refractivity (Wildman–Crippen MR) is 50.8 cm³/mol. The molecule has 0 atom stereocenters. The van der Waals surface area contributed by atoms with Crippen LogP contribution < -0.4 is 0 Å². The van der Waals surface area contributed by atoms with Gasteiger partial charge in [-0.15, -0.1) is 0 Å². The van der Waals surface area contributed by atoms with Crippen LogP contribution in [-0.4, -0.2) is 11.7 Å². The Morgan fingerprint density at radius 3 is 2.55 bits per heavy atom. The van der Waals surface area contributed by atoms with Gasteiger partial charge < -0.3 is 4.74 Å². The van der Waals surface area contributed by atoms with Crippen molar-refractivity contribution >= 4 is 17.3 Å². The molecule has 0 aliphatic heterocycles. The summed E-state index contributed by atoms with van der Waals surface area (Å²) in [6, 6.07) is 0. The fourth-order valence-electron chi connectivity index (χ4n) is 1.60. The maximum atomic E-state index is 5.31. The second-order valence-electron chi connectivity index (χ2n) is 3.09. The van der Waals surface area contributed by atoms with Gasteiger partial charge in [0.1, 0.15) is 0 Å². The van der Waals surface area contributed by atoms with Crippen molar-refractivity contribution in [3.05, 3.63) is 0 Å². The Morgan fingerprint density at radius 2 is 2.00 bits per heavy atom. The van der Waals surface area contributed by atoms with Crippen LogP contribution in [0.3, 0.4) is 0 Å². The topological polar surface area (TPSA) is 9.23 Å². The molecule has 0 N–H and O–H groups in total. The molecule has 0 amide bonds. The van der Waals surface area contributed by atoms with Gasteiger partial charge in [-0.05, 0) is 32.0 Å². The standard InChI is InChI=1S/C9H16OS/c1-2-10-9(11)8-6-4-3-5-7-8/h8H,2-7H2,1H3. The Kier molecular flexibility index (Phi) is 3.84. The highest BCUT2D eigenvalue weighted by Crippen LogP contribution is 2.25. The molecule has 0 bridgehead atoms. The molecular weight excluding hydrogens is 156 g/mol. The summed E-state index contributed by atoms with van der Waals surface area (Å²) in [4.78, 5) is 0. The van der Waals surface area contributed by atoms with Crippen LogP contribution in [0.5, 0.6) is 0 Å². The van der Waals surface area contributed by atoms with Gasteiger partial charge in [-0.2, -0.15) is 0 Å². The summed E-state index contributed by atoms with van der Waals surface area (Å²) >= 11 is 5.15. The van der Waals surface area contributed by atoms with E-state index in [9.17, 15) is 0 Å². The van der Waals surface area contributed by atoms with Crippen molar-refractivity contribution in [2.75, 3.05) is 6.61 Å². The first-order valence-electron chi connectivity index (χ1n) is 4.51. The second kappa shape index (κ2) is 4.70. The largest absolute Gasteiger partial charge is 0.487 e. The summed E-state index contributed by atoms with van der Waals surface area (Å²) in [6.45, 7) is 2.73. The molecule has 0 radical (unpaired) electrons. The molecule has 2 heteroatoms. The molecule has 1 fully saturated rings. The molecule has 0 unspecified atom stereocenters. The molecule has 1 nitrogen and oxygen atoms in total. The zero-order valence-corrected chi connectivity index (χ0v) is 7.95. The van der Waals surface area contributed by atoms with Crippen molar-refractivity contribution in [3.8, 4) is 0 Å². The highest BCUT2D eigenvalue weighted by Gasteiger charge is 2.18. The van der Waals surface area contributed by atoms with Gasteiger partial charge in [0.2, 0.25) is 0 Å². The average Bonchev–Trinajstić information content (AvgIpc) is 2.07. The van der Waals surface area contributed by atoms with Crippen molar-refractivity contribution in [2.24, 2.45) is 5.92 Å². The van der Waals surface area contributed by atoms with Crippen LogP contribution in [0, 0.1) is 5.92 Å². The van der Waals surface area contributed by atoms with E-state index in [-0.39, 0.29) is 0 Å². The number of hydrogen-bond donors (Lipinski definition) is 0. The first kappa shape index (κ1) is 8.98. The van der Waals surface area contributed by atoms with Gasteiger partial charge >= 0.3 is 0 Å². The van der Waals surface area contributed by atoms with Crippen LogP contribution >= 0.6 is 12.2 Å². The van der Waals surface area contributed by atoms with Gasteiger partial charge in [-0.1, -0.05) is 19.3 Å². The van der Waals surface area contributed by atoms with E-state index < -0.39 is 0 Å². The maximum absolute atomic E-state index is 5.31. The Labute approximate surface area is 74.1 Å². The minimum atomic E-state index is 0.582. The zero-order chi connectivity index (χ0) is 8.10. The van der Waals surface area contributed by atoms with E-state index in [1.54, 1.807) is 0 Å². The molecule has 0 aromatic rings. The third kappa shape index (κ3) is 2.78. The van der Waals surface area contributed by atoms with E-state index >= 15 is 0 Å². The average molecular weight is 172 g/mol. The lowest BCUT2D eigenvalue weighted by Gasteiger charge is -2.21. The first-order valence-corrected chi connectivity index (χ1v) is 4.92. The Hall–Kier alpha value is -0.110. The third-order valence-electron chi connectivity index (χ3n) is 2.23. The summed E-state index contributed by atoms with van der Waals surface area (Å²) in [5.74, 6) is 0.582. The van der Waals surface area contributed by atoms with Gasteiger partial charge in [0.15, 0.2) is 5.05 Å². The Morgan fingerprint density at radius 1 is 1.36 bits per heavy atom. The number of ether oxygens (including phenoxy) is 1. The van der Waals surface area contributed by atoms with Gasteiger partial charge in [0, 0.05) is 5.92 Å². The molecule has 1 aliphatic carbocycles. The molecule has 0 saturated heterocycles. The summed E-state index contributed by atoms with van der Waals surface area (Å²) in [5.41, 5.74) is 0. The smallest absolute Gasteiger partial charge is 0.162 e. The van der Waals surface area contributed by atoms with E-state index in [4.69, 9.17) is 17.0 Å². The molecule has 1 rings (SSSR count). The van der Waals surface area contributed by atoms with Gasteiger partial charge in [-0.3, -0.25) is 0 Å². The molecule has 0 aromatic heterocycles. The second-order valence-corrected chi connectivity index (χ2v) is 3.49. The first-order chi connectivity index (χ1) is 5.34. The lowest BCUT2D eigenvalue weighted by Crippen LogP contribution is -2.18. The number of rotatable bonds is 2. The van der Waals surface area contributed by atoms with Crippen molar-refractivity contribution in [2.45, 2.75) is 39.0 Å².